The number of hydrogen-bond donors (Lipinski definition) is 1. The molecule has 1 saturated heterocycles. The van der Waals surface area contributed by atoms with Crippen molar-refractivity contribution >= 4 is 0 Å². The molecule has 2 rings (SSSR count). The van der Waals surface area contributed by atoms with E-state index in [0.717, 1.165) is 12.5 Å². The quantitative estimate of drug-likeness (QED) is 0.794. The van der Waals surface area contributed by atoms with Crippen molar-refractivity contribution in [1.29, 1.82) is 0 Å². The summed E-state index contributed by atoms with van der Waals surface area (Å²) in [7, 11) is 0. The van der Waals surface area contributed by atoms with Crippen molar-refractivity contribution < 1.29 is 4.74 Å². The first-order valence-corrected chi connectivity index (χ1v) is 7.23. The van der Waals surface area contributed by atoms with Crippen LogP contribution in [0.2, 0.25) is 0 Å². The normalized spacial score (nSPS) is 36.2. The van der Waals surface area contributed by atoms with Crippen LogP contribution in [-0.2, 0) is 4.74 Å². The van der Waals surface area contributed by atoms with Gasteiger partial charge in [-0.1, -0.05) is 19.8 Å². The van der Waals surface area contributed by atoms with Crippen molar-refractivity contribution in [3.63, 3.8) is 0 Å². The minimum absolute atomic E-state index is 0.562. The van der Waals surface area contributed by atoms with Gasteiger partial charge in [0.25, 0.3) is 0 Å². The Labute approximate surface area is 100 Å². The van der Waals surface area contributed by atoms with Crippen molar-refractivity contribution in [2.75, 3.05) is 13.2 Å². The first-order valence-electron chi connectivity index (χ1n) is 7.23. The van der Waals surface area contributed by atoms with Crippen LogP contribution in [0.1, 0.15) is 58.3 Å². The third-order valence-corrected chi connectivity index (χ3v) is 4.32. The molecule has 1 saturated carbocycles. The van der Waals surface area contributed by atoms with E-state index in [1.54, 1.807) is 0 Å². The number of rotatable bonds is 4. The topological polar surface area (TPSA) is 21.3 Å². The smallest absolute Gasteiger partial charge is 0.0623 e. The predicted octanol–water partition coefficient (Wildman–Crippen LogP) is 3.11. The van der Waals surface area contributed by atoms with Crippen molar-refractivity contribution in [3.05, 3.63) is 0 Å². The average Bonchev–Trinajstić information content (AvgIpc) is 2.38. The largest absolute Gasteiger partial charge is 0.377 e. The highest BCUT2D eigenvalue weighted by molar-refractivity contribution is 4.75. The number of nitrogens with one attached hydrogen (secondary N) is 1. The zero-order valence-corrected chi connectivity index (χ0v) is 10.7. The van der Waals surface area contributed by atoms with Crippen LogP contribution in [0.4, 0.5) is 0 Å². The van der Waals surface area contributed by atoms with Crippen LogP contribution in [0, 0.1) is 5.92 Å². The van der Waals surface area contributed by atoms with Gasteiger partial charge in [0, 0.05) is 6.04 Å². The van der Waals surface area contributed by atoms with Gasteiger partial charge in [0.1, 0.15) is 0 Å². The molecule has 1 aliphatic heterocycles. The third-order valence-electron chi connectivity index (χ3n) is 4.32. The zero-order valence-electron chi connectivity index (χ0n) is 10.7. The molecular formula is C14H27NO. The lowest BCUT2D eigenvalue weighted by molar-refractivity contribution is 0.00319. The van der Waals surface area contributed by atoms with Crippen molar-refractivity contribution in [2.45, 2.75) is 70.4 Å². The number of ether oxygens (including phenoxy) is 1. The maximum absolute atomic E-state index is 6.05. The third kappa shape index (κ3) is 3.74. The predicted molar refractivity (Wildman–Crippen MR) is 67.6 cm³/mol. The Morgan fingerprint density at radius 1 is 1.06 bits per heavy atom. The summed E-state index contributed by atoms with van der Waals surface area (Å²) in [6.07, 6.45) is 11.3. The van der Waals surface area contributed by atoms with E-state index in [-0.39, 0.29) is 0 Å². The molecule has 16 heavy (non-hydrogen) atoms. The van der Waals surface area contributed by atoms with E-state index in [0.29, 0.717) is 12.1 Å². The molecule has 1 atom stereocenters. The lowest BCUT2D eigenvalue weighted by Gasteiger charge is -2.30. The van der Waals surface area contributed by atoms with Crippen LogP contribution in [0.15, 0.2) is 0 Å². The van der Waals surface area contributed by atoms with E-state index >= 15 is 0 Å². The minimum Gasteiger partial charge on any atom is -0.377 e. The summed E-state index contributed by atoms with van der Waals surface area (Å²) >= 11 is 0. The molecule has 0 radical (unpaired) electrons. The number of piperidine rings is 1. The van der Waals surface area contributed by atoms with Gasteiger partial charge in [-0.2, -0.15) is 0 Å². The molecule has 2 fully saturated rings. The molecule has 1 aliphatic carbocycles. The molecule has 2 aliphatic rings. The van der Waals surface area contributed by atoms with E-state index in [4.69, 9.17) is 4.74 Å². The van der Waals surface area contributed by atoms with Gasteiger partial charge >= 0.3 is 0 Å². The van der Waals surface area contributed by atoms with Crippen LogP contribution in [0.25, 0.3) is 0 Å². The van der Waals surface area contributed by atoms with Gasteiger partial charge in [-0.15, -0.1) is 0 Å². The van der Waals surface area contributed by atoms with Gasteiger partial charge in [0.2, 0.25) is 0 Å². The first kappa shape index (κ1) is 12.4. The van der Waals surface area contributed by atoms with E-state index in [2.05, 4.69) is 12.2 Å². The molecule has 0 amide bonds. The minimum atomic E-state index is 0.562. The summed E-state index contributed by atoms with van der Waals surface area (Å²) in [6.45, 7) is 4.45. The summed E-state index contributed by atoms with van der Waals surface area (Å²) in [6, 6.07) is 0.637. The Morgan fingerprint density at radius 3 is 2.50 bits per heavy atom. The Bertz CT molecular complexity index is 181. The van der Waals surface area contributed by atoms with Gasteiger partial charge in [0.05, 0.1) is 12.7 Å². The summed E-state index contributed by atoms with van der Waals surface area (Å²) in [5.41, 5.74) is 0. The van der Waals surface area contributed by atoms with E-state index in [1.165, 1.54) is 57.9 Å². The van der Waals surface area contributed by atoms with Crippen LogP contribution >= 0.6 is 0 Å². The average molecular weight is 225 g/mol. The molecule has 0 bridgehead atoms. The SMILES string of the molecule is CCC1CCC(OCC2CCCCN2)CC1. The van der Waals surface area contributed by atoms with Crippen molar-refractivity contribution in [3.8, 4) is 0 Å². The van der Waals surface area contributed by atoms with E-state index in [1.807, 2.05) is 0 Å². The molecule has 0 aromatic carbocycles. The molecule has 1 heterocycles. The Morgan fingerprint density at radius 2 is 1.88 bits per heavy atom. The van der Waals surface area contributed by atoms with Gasteiger partial charge in [-0.3, -0.25) is 0 Å². The highest BCUT2D eigenvalue weighted by atomic mass is 16.5. The molecular weight excluding hydrogens is 198 g/mol. The van der Waals surface area contributed by atoms with Crippen molar-refractivity contribution in [1.82, 2.24) is 5.32 Å². The van der Waals surface area contributed by atoms with Gasteiger partial charge in [0.15, 0.2) is 0 Å². The summed E-state index contributed by atoms with van der Waals surface area (Å²) in [5, 5.41) is 3.55. The van der Waals surface area contributed by atoms with Crippen molar-refractivity contribution in [2.24, 2.45) is 5.92 Å². The lowest BCUT2D eigenvalue weighted by atomic mass is 9.86. The van der Waals surface area contributed by atoms with E-state index in [9.17, 15) is 0 Å². The number of hydrogen-bond acceptors (Lipinski definition) is 2. The lowest BCUT2D eigenvalue weighted by Crippen LogP contribution is -2.39. The first-order chi connectivity index (χ1) is 7.88. The van der Waals surface area contributed by atoms with Crippen LogP contribution in [0.3, 0.4) is 0 Å². The molecule has 1 N–H and O–H groups in total. The van der Waals surface area contributed by atoms with E-state index < -0.39 is 0 Å². The standard InChI is InChI=1S/C14H27NO/c1-2-12-6-8-14(9-7-12)16-11-13-5-3-4-10-15-13/h12-15H,2-11H2,1H3. The Hall–Kier alpha value is -0.0800. The highest BCUT2D eigenvalue weighted by Gasteiger charge is 2.21. The van der Waals surface area contributed by atoms with Gasteiger partial charge in [-0.05, 0) is 51.0 Å². The molecule has 94 valence electrons. The second-order valence-corrected chi connectivity index (χ2v) is 5.53. The Kier molecular flexibility index (Phi) is 5.11. The summed E-state index contributed by atoms with van der Waals surface area (Å²) < 4.78 is 6.05. The molecule has 0 spiro atoms. The van der Waals surface area contributed by atoms with Gasteiger partial charge < -0.3 is 10.1 Å². The van der Waals surface area contributed by atoms with Gasteiger partial charge in [-0.25, -0.2) is 0 Å². The summed E-state index contributed by atoms with van der Waals surface area (Å²) in [5.74, 6) is 0.979. The van der Waals surface area contributed by atoms with Crippen LogP contribution in [0.5, 0.6) is 0 Å². The molecule has 1 unspecified atom stereocenters. The fourth-order valence-corrected chi connectivity index (χ4v) is 3.03. The summed E-state index contributed by atoms with van der Waals surface area (Å²) in [4.78, 5) is 0. The monoisotopic (exact) mass is 225 g/mol. The second kappa shape index (κ2) is 6.61. The maximum atomic E-state index is 6.05. The molecule has 0 aromatic heterocycles. The maximum Gasteiger partial charge on any atom is 0.0623 e. The Balaban J connectivity index is 1.59. The van der Waals surface area contributed by atoms with Crippen LogP contribution < -0.4 is 5.32 Å². The molecule has 0 aromatic rings. The molecule has 2 heteroatoms. The fourth-order valence-electron chi connectivity index (χ4n) is 3.03. The second-order valence-electron chi connectivity index (χ2n) is 5.53. The zero-order chi connectivity index (χ0) is 11.2. The highest BCUT2D eigenvalue weighted by Crippen LogP contribution is 2.28. The molecule has 2 nitrogen and oxygen atoms in total. The fraction of sp³-hybridized carbons (Fsp3) is 1.00. The van der Waals surface area contributed by atoms with Crippen LogP contribution in [-0.4, -0.2) is 25.3 Å².